The number of rotatable bonds is 5. The van der Waals surface area contributed by atoms with Crippen LogP contribution >= 0.6 is 31.9 Å². The molecule has 0 amide bonds. The summed E-state index contributed by atoms with van der Waals surface area (Å²) < 4.78 is 7.33. The fourth-order valence-corrected chi connectivity index (χ4v) is 2.50. The quantitative estimate of drug-likeness (QED) is 0.645. The molecule has 104 valence electrons. The summed E-state index contributed by atoms with van der Waals surface area (Å²) in [6, 6.07) is 12.8. The Hall–Kier alpha value is -1.13. The van der Waals surface area contributed by atoms with E-state index in [2.05, 4.69) is 38.8 Å². The van der Waals surface area contributed by atoms with Crippen molar-refractivity contribution >= 4 is 37.6 Å². The highest BCUT2D eigenvalue weighted by Gasteiger charge is 2.11. The predicted octanol–water partition coefficient (Wildman–Crippen LogP) is 5.23. The Morgan fingerprint density at radius 2 is 1.70 bits per heavy atom. The molecule has 0 bridgehead atoms. The molecule has 20 heavy (non-hydrogen) atoms. The van der Waals surface area contributed by atoms with Gasteiger partial charge in [0.05, 0.1) is 11.1 Å². The van der Waals surface area contributed by atoms with E-state index in [9.17, 15) is 4.79 Å². The molecule has 2 aromatic rings. The lowest BCUT2D eigenvalue weighted by Crippen LogP contribution is -2.02. The maximum atomic E-state index is 12.4. The molecular weight excluding hydrogens is 384 g/mol. The summed E-state index contributed by atoms with van der Waals surface area (Å²) in [4.78, 5) is 12.4. The van der Waals surface area contributed by atoms with Gasteiger partial charge in [0.15, 0.2) is 5.78 Å². The van der Waals surface area contributed by atoms with E-state index in [1.807, 2.05) is 30.3 Å². The molecule has 0 atom stereocenters. The minimum absolute atomic E-state index is 0.000224. The van der Waals surface area contributed by atoms with Crippen molar-refractivity contribution in [1.29, 1.82) is 0 Å². The number of hydrogen-bond donors (Lipinski definition) is 0. The van der Waals surface area contributed by atoms with Crippen molar-refractivity contribution in [3.8, 4) is 5.75 Å². The molecule has 0 radical (unpaired) electrons. The number of benzene rings is 2. The largest absolute Gasteiger partial charge is 0.492 e. The number of carbonyl (C=O) groups excluding carboxylic acids is 1. The second kappa shape index (κ2) is 7.04. The molecule has 2 aromatic carbocycles. The van der Waals surface area contributed by atoms with E-state index >= 15 is 0 Å². The SMILES string of the molecule is CCCOc1ccc(C(=O)c2ccc(Br)cc2)cc1Br. The van der Waals surface area contributed by atoms with Gasteiger partial charge in [-0.1, -0.05) is 22.9 Å². The van der Waals surface area contributed by atoms with Gasteiger partial charge in [-0.05, 0) is 64.8 Å². The summed E-state index contributed by atoms with van der Waals surface area (Å²) in [5.74, 6) is 0.763. The topological polar surface area (TPSA) is 26.3 Å². The molecule has 0 fully saturated rings. The van der Waals surface area contributed by atoms with E-state index in [1.165, 1.54) is 0 Å². The van der Waals surface area contributed by atoms with E-state index in [4.69, 9.17) is 4.74 Å². The fraction of sp³-hybridized carbons (Fsp3) is 0.188. The Kier molecular flexibility index (Phi) is 5.38. The van der Waals surface area contributed by atoms with Crippen molar-refractivity contribution in [2.45, 2.75) is 13.3 Å². The average Bonchev–Trinajstić information content (AvgIpc) is 2.46. The molecule has 0 aliphatic heterocycles. The predicted molar refractivity (Wildman–Crippen MR) is 87.5 cm³/mol. The normalized spacial score (nSPS) is 10.3. The average molecular weight is 398 g/mol. The highest BCUT2D eigenvalue weighted by Crippen LogP contribution is 2.27. The fourth-order valence-electron chi connectivity index (χ4n) is 1.74. The summed E-state index contributed by atoms with van der Waals surface area (Å²) >= 11 is 6.81. The van der Waals surface area contributed by atoms with E-state index in [-0.39, 0.29) is 5.78 Å². The van der Waals surface area contributed by atoms with Crippen LogP contribution in [0.2, 0.25) is 0 Å². The lowest BCUT2D eigenvalue weighted by atomic mass is 10.0. The Balaban J connectivity index is 2.22. The van der Waals surface area contributed by atoms with Gasteiger partial charge in [-0.15, -0.1) is 0 Å². The molecule has 0 aliphatic carbocycles. The zero-order chi connectivity index (χ0) is 14.5. The van der Waals surface area contributed by atoms with Crippen LogP contribution in [0.4, 0.5) is 0 Å². The van der Waals surface area contributed by atoms with Crippen LogP contribution in [0.25, 0.3) is 0 Å². The standard InChI is InChI=1S/C16H14Br2O2/c1-2-9-20-15-8-5-12(10-14(15)18)16(19)11-3-6-13(17)7-4-11/h3-8,10H,2,9H2,1H3. The number of ether oxygens (including phenoxy) is 1. The molecule has 0 aliphatic rings. The summed E-state index contributed by atoms with van der Waals surface area (Å²) in [5.41, 5.74) is 1.31. The minimum Gasteiger partial charge on any atom is -0.492 e. The van der Waals surface area contributed by atoms with Crippen LogP contribution in [0, 0.1) is 0 Å². The van der Waals surface area contributed by atoms with Crippen molar-refractivity contribution < 1.29 is 9.53 Å². The first-order valence-electron chi connectivity index (χ1n) is 6.34. The lowest BCUT2D eigenvalue weighted by molar-refractivity contribution is 0.103. The van der Waals surface area contributed by atoms with Crippen molar-refractivity contribution in [3.05, 3.63) is 62.5 Å². The zero-order valence-electron chi connectivity index (χ0n) is 11.0. The van der Waals surface area contributed by atoms with Crippen LogP contribution in [0.5, 0.6) is 5.75 Å². The van der Waals surface area contributed by atoms with Gasteiger partial charge in [-0.3, -0.25) is 4.79 Å². The molecule has 4 heteroatoms. The third-order valence-corrected chi connectivity index (χ3v) is 3.91. The van der Waals surface area contributed by atoms with Gasteiger partial charge >= 0.3 is 0 Å². The third-order valence-electron chi connectivity index (χ3n) is 2.76. The molecular formula is C16H14Br2O2. The Morgan fingerprint density at radius 3 is 2.30 bits per heavy atom. The Labute approximate surface area is 135 Å². The van der Waals surface area contributed by atoms with Crippen LogP contribution < -0.4 is 4.74 Å². The van der Waals surface area contributed by atoms with Crippen molar-refractivity contribution in [2.75, 3.05) is 6.61 Å². The number of ketones is 1. The molecule has 0 heterocycles. The molecule has 2 rings (SSSR count). The van der Waals surface area contributed by atoms with E-state index in [1.54, 1.807) is 12.1 Å². The smallest absolute Gasteiger partial charge is 0.193 e. The van der Waals surface area contributed by atoms with Crippen molar-refractivity contribution in [2.24, 2.45) is 0 Å². The van der Waals surface area contributed by atoms with Crippen LogP contribution in [0.1, 0.15) is 29.3 Å². The van der Waals surface area contributed by atoms with Crippen molar-refractivity contribution in [1.82, 2.24) is 0 Å². The first-order valence-corrected chi connectivity index (χ1v) is 7.93. The summed E-state index contributed by atoms with van der Waals surface area (Å²) in [7, 11) is 0. The second-order valence-corrected chi connectivity index (χ2v) is 6.10. The molecule has 0 saturated carbocycles. The number of halogens is 2. The summed E-state index contributed by atoms with van der Waals surface area (Å²) in [6.07, 6.45) is 0.950. The van der Waals surface area contributed by atoms with Gasteiger partial charge in [0.1, 0.15) is 5.75 Å². The number of carbonyl (C=O) groups is 1. The molecule has 0 N–H and O–H groups in total. The Bertz CT molecular complexity index is 606. The minimum atomic E-state index is 0.000224. The van der Waals surface area contributed by atoms with Crippen molar-refractivity contribution in [3.63, 3.8) is 0 Å². The molecule has 0 spiro atoms. The molecule has 0 saturated heterocycles. The lowest BCUT2D eigenvalue weighted by Gasteiger charge is -2.08. The van der Waals surface area contributed by atoms with Crippen LogP contribution in [-0.2, 0) is 0 Å². The molecule has 0 aromatic heterocycles. The summed E-state index contributed by atoms with van der Waals surface area (Å²) in [5, 5.41) is 0. The maximum absolute atomic E-state index is 12.4. The first-order chi connectivity index (χ1) is 9.61. The third kappa shape index (κ3) is 3.70. The van der Waals surface area contributed by atoms with E-state index in [0.717, 1.165) is 21.1 Å². The second-order valence-electron chi connectivity index (χ2n) is 4.33. The molecule has 2 nitrogen and oxygen atoms in total. The number of hydrogen-bond acceptors (Lipinski definition) is 2. The van der Waals surface area contributed by atoms with E-state index < -0.39 is 0 Å². The van der Waals surface area contributed by atoms with Gasteiger partial charge in [-0.25, -0.2) is 0 Å². The van der Waals surface area contributed by atoms with Gasteiger partial charge in [0.2, 0.25) is 0 Å². The monoisotopic (exact) mass is 396 g/mol. The first kappa shape index (κ1) is 15.3. The van der Waals surface area contributed by atoms with Crippen LogP contribution in [-0.4, -0.2) is 12.4 Å². The van der Waals surface area contributed by atoms with Gasteiger partial charge in [0, 0.05) is 15.6 Å². The van der Waals surface area contributed by atoms with Gasteiger partial charge < -0.3 is 4.74 Å². The van der Waals surface area contributed by atoms with Crippen LogP contribution in [0.15, 0.2) is 51.4 Å². The molecule has 0 unspecified atom stereocenters. The van der Waals surface area contributed by atoms with Gasteiger partial charge in [0.25, 0.3) is 0 Å². The maximum Gasteiger partial charge on any atom is 0.193 e. The highest BCUT2D eigenvalue weighted by molar-refractivity contribution is 9.10. The zero-order valence-corrected chi connectivity index (χ0v) is 14.2. The van der Waals surface area contributed by atoms with E-state index in [0.29, 0.717) is 17.7 Å². The highest BCUT2D eigenvalue weighted by atomic mass is 79.9. The Morgan fingerprint density at radius 1 is 1.05 bits per heavy atom. The van der Waals surface area contributed by atoms with Gasteiger partial charge in [-0.2, -0.15) is 0 Å². The van der Waals surface area contributed by atoms with Crippen LogP contribution in [0.3, 0.4) is 0 Å². The summed E-state index contributed by atoms with van der Waals surface area (Å²) in [6.45, 7) is 2.72.